The van der Waals surface area contributed by atoms with Crippen LogP contribution in [0, 0.1) is 5.82 Å². The van der Waals surface area contributed by atoms with Gasteiger partial charge in [-0.15, -0.1) is 10.2 Å². The Kier molecular flexibility index (Phi) is 4.26. The molecule has 0 unspecified atom stereocenters. The first kappa shape index (κ1) is 14.8. The molecule has 1 amide bonds. The van der Waals surface area contributed by atoms with Crippen LogP contribution in [0.2, 0.25) is 0 Å². The van der Waals surface area contributed by atoms with Gasteiger partial charge in [0.15, 0.2) is 0 Å². The molecule has 0 radical (unpaired) electrons. The Morgan fingerprint density at radius 1 is 1.05 bits per heavy atom. The largest absolute Gasteiger partial charge is 0.296 e. The van der Waals surface area contributed by atoms with Gasteiger partial charge in [0.05, 0.1) is 0 Å². The summed E-state index contributed by atoms with van der Waals surface area (Å²) in [6.07, 6.45) is 0. The van der Waals surface area contributed by atoms with Crippen LogP contribution in [0.4, 0.5) is 9.52 Å². The van der Waals surface area contributed by atoms with E-state index in [1.54, 1.807) is 0 Å². The number of hydrogen-bond acceptors (Lipinski definition) is 4. The summed E-state index contributed by atoms with van der Waals surface area (Å²) in [7, 11) is 0. The van der Waals surface area contributed by atoms with E-state index in [2.05, 4.69) is 31.4 Å². The van der Waals surface area contributed by atoms with Crippen molar-refractivity contribution in [2.45, 2.75) is 0 Å². The Hall–Kier alpha value is -2.12. The van der Waals surface area contributed by atoms with E-state index in [0.717, 1.165) is 10.0 Å². The van der Waals surface area contributed by atoms with Gasteiger partial charge in [0.25, 0.3) is 5.91 Å². The molecule has 0 saturated carbocycles. The molecule has 0 saturated heterocycles. The Balaban J connectivity index is 1.75. The molecule has 0 atom stereocenters. The maximum atomic E-state index is 12.8. The maximum absolute atomic E-state index is 12.8. The van der Waals surface area contributed by atoms with Crippen molar-refractivity contribution < 1.29 is 9.18 Å². The first-order valence-corrected chi connectivity index (χ1v) is 7.89. The van der Waals surface area contributed by atoms with Crippen molar-refractivity contribution in [3.05, 3.63) is 64.4 Å². The number of halogens is 2. The second kappa shape index (κ2) is 6.33. The van der Waals surface area contributed by atoms with Crippen LogP contribution in [0.25, 0.3) is 10.6 Å². The van der Waals surface area contributed by atoms with Gasteiger partial charge in [-0.1, -0.05) is 39.4 Å². The quantitative estimate of drug-likeness (QED) is 0.737. The van der Waals surface area contributed by atoms with Gasteiger partial charge in [-0.25, -0.2) is 4.39 Å². The van der Waals surface area contributed by atoms with E-state index in [1.807, 2.05) is 24.3 Å². The van der Waals surface area contributed by atoms with E-state index in [1.165, 1.54) is 35.6 Å². The molecule has 0 aliphatic carbocycles. The van der Waals surface area contributed by atoms with E-state index in [-0.39, 0.29) is 11.7 Å². The predicted molar refractivity (Wildman–Crippen MR) is 87.4 cm³/mol. The van der Waals surface area contributed by atoms with Crippen LogP contribution in [0.3, 0.4) is 0 Å². The fourth-order valence-electron chi connectivity index (χ4n) is 1.75. The van der Waals surface area contributed by atoms with Crippen LogP contribution >= 0.6 is 27.3 Å². The summed E-state index contributed by atoms with van der Waals surface area (Å²) >= 11 is 4.64. The summed E-state index contributed by atoms with van der Waals surface area (Å²) in [4.78, 5) is 12.0. The lowest BCUT2D eigenvalue weighted by Gasteiger charge is -2.00. The van der Waals surface area contributed by atoms with Crippen molar-refractivity contribution >= 4 is 38.3 Å². The first-order chi connectivity index (χ1) is 10.6. The van der Waals surface area contributed by atoms with Crippen molar-refractivity contribution in [2.24, 2.45) is 0 Å². The van der Waals surface area contributed by atoms with E-state index < -0.39 is 0 Å². The van der Waals surface area contributed by atoms with Crippen molar-refractivity contribution in [2.75, 3.05) is 5.32 Å². The molecule has 0 aliphatic heterocycles. The Labute approximate surface area is 138 Å². The number of hydrogen-bond donors (Lipinski definition) is 1. The molecule has 3 aromatic rings. The molecule has 22 heavy (non-hydrogen) atoms. The molecular formula is C15H9BrFN3OS. The average Bonchev–Trinajstić information content (AvgIpc) is 2.97. The molecule has 0 aliphatic rings. The third kappa shape index (κ3) is 3.37. The summed E-state index contributed by atoms with van der Waals surface area (Å²) in [5, 5.41) is 11.8. The number of benzene rings is 2. The lowest BCUT2D eigenvalue weighted by atomic mass is 10.2. The SMILES string of the molecule is O=C(Nc1nnc(-c2ccc(Br)cc2)s1)c1ccc(F)cc1. The molecule has 1 N–H and O–H groups in total. The molecule has 3 rings (SSSR count). The topological polar surface area (TPSA) is 54.9 Å². The lowest BCUT2D eigenvalue weighted by molar-refractivity contribution is 0.102. The zero-order valence-electron chi connectivity index (χ0n) is 11.1. The van der Waals surface area contributed by atoms with Crippen molar-refractivity contribution in [1.29, 1.82) is 0 Å². The summed E-state index contributed by atoms with van der Waals surface area (Å²) < 4.78 is 13.8. The summed E-state index contributed by atoms with van der Waals surface area (Å²) in [5.41, 5.74) is 1.28. The van der Waals surface area contributed by atoms with Crippen LogP contribution in [-0.4, -0.2) is 16.1 Å². The standard InChI is InChI=1S/C15H9BrFN3OS/c16-11-5-1-10(2-6-11)14-19-20-15(22-14)18-13(21)9-3-7-12(17)8-4-9/h1-8H,(H,18,20,21). The van der Waals surface area contributed by atoms with Crippen molar-refractivity contribution in [3.8, 4) is 10.6 Å². The fourth-order valence-corrected chi connectivity index (χ4v) is 2.76. The van der Waals surface area contributed by atoms with E-state index in [9.17, 15) is 9.18 Å². The van der Waals surface area contributed by atoms with E-state index in [0.29, 0.717) is 15.7 Å². The minimum Gasteiger partial charge on any atom is -0.296 e. The molecule has 4 nitrogen and oxygen atoms in total. The molecule has 0 bridgehead atoms. The first-order valence-electron chi connectivity index (χ1n) is 6.28. The molecule has 1 heterocycles. The third-order valence-electron chi connectivity index (χ3n) is 2.84. The number of nitrogens with one attached hydrogen (secondary N) is 1. The number of aromatic nitrogens is 2. The van der Waals surface area contributed by atoms with Gasteiger partial charge in [-0.2, -0.15) is 0 Å². The van der Waals surface area contributed by atoms with Gasteiger partial charge in [-0.05, 0) is 36.4 Å². The Bertz CT molecular complexity index is 802. The normalized spacial score (nSPS) is 10.5. The monoisotopic (exact) mass is 377 g/mol. The van der Waals surface area contributed by atoms with Gasteiger partial charge < -0.3 is 0 Å². The lowest BCUT2D eigenvalue weighted by Crippen LogP contribution is -2.11. The molecule has 110 valence electrons. The van der Waals surface area contributed by atoms with Gasteiger partial charge in [0.2, 0.25) is 5.13 Å². The second-order valence-corrected chi connectivity index (χ2v) is 6.27. The Morgan fingerprint density at radius 3 is 2.41 bits per heavy atom. The maximum Gasteiger partial charge on any atom is 0.257 e. The summed E-state index contributed by atoms with van der Waals surface area (Å²) in [6, 6.07) is 13.0. The highest BCUT2D eigenvalue weighted by Gasteiger charge is 2.11. The predicted octanol–water partition coefficient (Wildman–Crippen LogP) is 4.36. The highest BCUT2D eigenvalue weighted by Crippen LogP contribution is 2.27. The molecular weight excluding hydrogens is 369 g/mol. The molecule has 0 spiro atoms. The highest BCUT2D eigenvalue weighted by atomic mass is 79.9. The minimum absolute atomic E-state index is 0.349. The minimum atomic E-state index is -0.384. The highest BCUT2D eigenvalue weighted by molar-refractivity contribution is 9.10. The van der Waals surface area contributed by atoms with Crippen LogP contribution in [0.1, 0.15) is 10.4 Å². The fraction of sp³-hybridized carbons (Fsp3) is 0. The van der Waals surface area contributed by atoms with Crippen molar-refractivity contribution in [1.82, 2.24) is 10.2 Å². The number of anilines is 1. The zero-order chi connectivity index (χ0) is 15.5. The summed E-state index contributed by atoms with van der Waals surface area (Å²) in [6.45, 7) is 0. The van der Waals surface area contributed by atoms with Crippen LogP contribution in [-0.2, 0) is 0 Å². The van der Waals surface area contributed by atoms with E-state index >= 15 is 0 Å². The number of amides is 1. The zero-order valence-corrected chi connectivity index (χ0v) is 13.5. The number of nitrogens with zero attached hydrogens (tertiary/aromatic N) is 2. The molecule has 0 fully saturated rings. The summed E-state index contributed by atoms with van der Waals surface area (Å²) in [5.74, 6) is -0.733. The third-order valence-corrected chi connectivity index (χ3v) is 4.26. The number of carbonyl (C=O) groups excluding carboxylic acids is 1. The average molecular weight is 378 g/mol. The number of carbonyl (C=O) groups is 1. The molecule has 7 heteroatoms. The molecule has 1 aromatic heterocycles. The van der Waals surface area contributed by atoms with Crippen molar-refractivity contribution in [3.63, 3.8) is 0 Å². The smallest absolute Gasteiger partial charge is 0.257 e. The van der Waals surface area contributed by atoms with Crippen LogP contribution < -0.4 is 5.32 Å². The Morgan fingerprint density at radius 2 is 1.73 bits per heavy atom. The van der Waals surface area contributed by atoms with Gasteiger partial charge in [0.1, 0.15) is 10.8 Å². The van der Waals surface area contributed by atoms with Gasteiger partial charge in [0, 0.05) is 15.6 Å². The van der Waals surface area contributed by atoms with Gasteiger partial charge >= 0.3 is 0 Å². The number of rotatable bonds is 3. The van der Waals surface area contributed by atoms with Gasteiger partial charge in [-0.3, -0.25) is 10.1 Å². The van der Waals surface area contributed by atoms with Crippen LogP contribution in [0.5, 0.6) is 0 Å². The second-order valence-electron chi connectivity index (χ2n) is 4.38. The van der Waals surface area contributed by atoms with Crippen LogP contribution in [0.15, 0.2) is 53.0 Å². The van der Waals surface area contributed by atoms with E-state index in [4.69, 9.17) is 0 Å². The molecule has 2 aromatic carbocycles.